The van der Waals surface area contributed by atoms with Gasteiger partial charge in [-0.1, -0.05) is 155 Å². The number of amidine groups is 1. The maximum Gasteiger partial charge on any atom is 0.220 e. The van der Waals surface area contributed by atoms with Crippen LogP contribution in [0, 0.1) is 0 Å². The van der Waals surface area contributed by atoms with Gasteiger partial charge in [-0.15, -0.1) is 0 Å². The molecule has 0 bridgehead atoms. The molecule has 1 aliphatic rings. The highest BCUT2D eigenvalue weighted by Gasteiger charge is 2.16. The monoisotopic (exact) mass is 650 g/mol. The molecule has 1 heterocycles. The Labute approximate surface area is 286 Å². The zero-order chi connectivity index (χ0) is 33.3. The second kappa shape index (κ2) is 32.4. The van der Waals surface area contributed by atoms with Gasteiger partial charge >= 0.3 is 0 Å². The molecular formula is C40H79N3O3. The second-order valence-corrected chi connectivity index (χ2v) is 14.4. The van der Waals surface area contributed by atoms with Gasteiger partial charge < -0.3 is 20.4 Å². The van der Waals surface area contributed by atoms with Gasteiger partial charge in [-0.05, 0) is 38.5 Å². The van der Waals surface area contributed by atoms with Crippen LogP contribution in [0.4, 0.5) is 0 Å². The summed E-state index contributed by atoms with van der Waals surface area (Å²) in [6.07, 6.45) is 35.3. The Bertz CT molecular complexity index is 701. The van der Waals surface area contributed by atoms with Crippen molar-refractivity contribution in [2.75, 3.05) is 26.2 Å². The Morgan fingerprint density at radius 3 is 1.52 bits per heavy atom. The van der Waals surface area contributed by atoms with Gasteiger partial charge in [0.05, 0.1) is 24.6 Å². The first-order chi connectivity index (χ1) is 22.6. The molecule has 1 aliphatic heterocycles. The van der Waals surface area contributed by atoms with E-state index in [4.69, 9.17) is 4.99 Å². The summed E-state index contributed by atoms with van der Waals surface area (Å²) in [5.41, 5.74) is 0. The van der Waals surface area contributed by atoms with Crippen LogP contribution < -0.4 is 5.32 Å². The van der Waals surface area contributed by atoms with Crippen molar-refractivity contribution in [2.24, 2.45) is 4.99 Å². The van der Waals surface area contributed by atoms with Crippen molar-refractivity contribution in [2.45, 2.75) is 219 Å². The third kappa shape index (κ3) is 26.9. The fourth-order valence-corrected chi connectivity index (χ4v) is 6.78. The zero-order valence-electron chi connectivity index (χ0n) is 30.9. The lowest BCUT2D eigenvalue weighted by Crippen LogP contribution is -2.36. The Kier molecular flexibility index (Phi) is 30.2. The van der Waals surface area contributed by atoms with Gasteiger partial charge in [-0.2, -0.15) is 0 Å². The number of amides is 1. The number of aliphatic hydroxyl groups is 2. The molecule has 0 aromatic rings. The number of aliphatic hydroxyl groups excluding tert-OH is 2. The summed E-state index contributed by atoms with van der Waals surface area (Å²) in [5, 5.41) is 23.3. The summed E-state index contributed by atoms with van der Waals surface area (Å²) in [4.78, 5) is 19.4. The molecule has 6 heteroatoms. The fraction of sp³-hybridized carbons (Fsp3) is 0.950. The molecule has 0 saturated heterocycles. The van der Waals surface area contributed by atoms with Gasteiger partial charge in [-0.25, -0.2) is 0 Å². The van der Waals surface area contributed by atoms with Crippen LogP contribution in [-0.4, -0.2) is 65.2 Å². The Morgan fingerprint density at radius 2 is 1.04 bits per heavy atom. The standard InChI is InChI=1S/C40H79N3O3/c1-3-5-7-21-27-37(44)29-23-17-13-9-11-15-19-25-31-39-41-33-35-43(39)36-34-42-40(46)32-26-20-16-12-10-14-18-24-30-38(45)28-22-8-6-4-2/h37-38,44-45H,3-36H2,1-2H3,(H,42,46). The topological polar surface area (TPSA) is 85.2 Å². The smallest absolute Gasteiger partial charge is 0.220 e. The van der Waals surface area contributed by atoms with Crippen LogP contribution in [0.25, 0.3) is 0 Å². The highest BCUT2D eigenvalue weighted by Crippen LogP contribution is 2.17. The number of nitrogens with one attached hydrogen (secondary N) is 1. The Hall–Kier alpha value is -1.14. The predicted molar refractivity (Wildman–Crippen MR) is 199 cm³/mol. The van der Waals surface area contributed by atoms with E-state index in [9.17, 15) is 15.0 Å². The number of nitrogens with zero attached hydrogens (tertiary/aromatic N) is 2. The fourth-order valence-electron chi connectivity index (χ4n) is 6.78. The van der Waals surface area contributed by atoms with E-state index in [1.165, 1.54) is 141 Å². The van der Waals surface area contributed by atoms with E-state index in [0.717, 1.165) is 77.5 Å². The third-order valence-corrected chi connectivity index (χ3v) is 9.89. The van der Waals surface area contributed by atoms with E-state index < -0.39 is 0 Å². The maximum absolute atomic E-state index is 12.3. The molecular weight excluding hydrogens is 570 g/mol. The number of aliphatic imine (C=N–C) groups is 1. The summed E-state index contributed by atoms with van der Waals surface area (Å²) in [7, 11) is 0. The number of unbranched alkanes of at least 4 members (excludes halogenated alkanes) is 20. The third-order valence-electron chi connectivity index (χ3n) is 9.89. The lowest BCUT2D eigenvalue weighted by Gasteiger charge is -2.20. The van der Waals surface area contributed by atoms with Crippen LogP contribution in [0.2, 0.25) is 0 Å². The molecule has 0 aromatic heterocycles. The van der Waals surface area contributed by atoms with Crippen molar-refractivity contribution in [3.05, 3.63) is 0 Å². The van der Waals surface area contributed by atoms with Crippen molar-refractivity contribution >= 4 is 11.7 Å². The molecule has 3 N–H and O–H groups in total. The normalized spacial score (nSPS) is 14.5. The second-order valence-electron chi connectivity index (χ2n) is 14.4. The molecule has 0 aliphatic carbocycles. The number of hydrogen-bond donors (Lipinski definition) is 3. The van der Waals surface area contributed by atoms with Crippen LogP contribution in [0.3, 0.4) is 0 Å². The van der Waals surface area contributed by atoms with Crippen molar-refractivity contribution in [3.63, 3.8) is 0 Å². The van der Waals surface area contributed by atoms with Gasteiger partial charge in [0.1, 0.15) is 0 Å². The molecule has 6 nitrogen and oxygen atoms in total. The molecule has 0 radical (unpaired) electrons. The van der Waals surface area contributed by atoms with E-state index >= 15 is 0 Å². The minimum absolute atomic E-state index is 0.0749. The lowest BCUT2D eigenvalue weighted by atomic mass is 10.0. The van der Waals surface area contributed by atoms with Gasteiger partial charge in [0.25, 0.3) is 0 Å². The van der Waals surface area contributed by atoms with Crippen LogP contribution in [0.15, 0.2) is 4.99 Å². The lowest BCUT2D eigenvalue weighted by molar-refractivity contribution is -0.121. The zero-order valence-corrected chi connectivity index (χ0v) is 30.9. The molecule has 1 rings (SSSR count). The van der Waals surface area contributed by atoms with Crippen molar-refractivity contribution in [1.29, 1.82) is 0 Å². The average molecular weight is 650 g/mol. The molecule has 2 unspecified atom stereocenters. The van der Waals surface area contributed by atoms with Crippen LogP contribution in [0.1, 0.15) is 206 Å². The molecule has 46 heavy (non-hydrogen) atoms. The van der Waals surface area contributed by atoms with E-state index in [2.05, 4.69) is 24.1 Å². The molecule has 0 saturated carbocycles. The van der Waals surface area contributed by atoms with Gasteiger partial charge in [-0.3, -0.25) is 9.79 Å². The molecule has 0 fully saturated rings. The number of carbonyl (C=O) groups is 1. The predicted octanol–water partition coefficient (Wildman–Crippen LogP) is 10.3. The summed E-state index contributed by atoms with van der Waals surface area (Å²) < 4.78 is 0. The molecule has 0 aromatic carbocycles. The Balaban J connectivity index is 1.88. The maximum atomic E-state index is 12.3. The van der Waals surface area contributed by atoms with Crippen molar-refractivity contribution < 1.29 is 15.0 Å². The van der Waals surface area contributed by atoms with E-state index in [0.29, 0.717) is 6.42 Å². The molecule has 1 amide bonds. The number of carbonyl (C=O) groups excluding carboxylic acids is 1. The van der Waals surface area contributed by atoms with Crippen LogP contribution >= 0.6 is 0 Å². The first kappa shape index (κ1) is 42.9. The van der Waals surface area contributed by atoms with E-state index in [1.807, 2.05) is 0 Å². The van der Waals surface area contributed by atoms with Gasteiger partial charge in [0, 0.05) is 32.5 Å². The first-order valence-electron chi connectivity index (χ1n) is 20.5. The molecule has 0 spiro atoms. The largest absolute Gasteiger partial charge is 0.393 e. The summed E-state index contributed by atoms with van der Waals surface area (Å²) in [6.45, 7) is 7.97. The summed E-state index contributed by atoms with van der Waals surface area (Å²) in [6, 6.07) is 0. The van der Waals surface area contributed by atoms with Crippen LogP contribution in [0.5, 0.6) is 0 Å². The van der Waals surface area contributed by atoms with Gasteiger partial charge in [0.2, 0.25) is 5.91 Å². The Morgan fingerprint density at radius 1 is 0.630 bits per heavy atom. The SMILES string of the molecule is CCCCCCC(O)CCCCCCCCCCC(=O)NCCN1CCN=C1CCCCCCCCCCC(O)CCCCCC. The van der Waals surface area contributed by atoms with Crippen LogP contribution in [-0.2, 0) is 4.79 Å². The minimum atomic E-state index is -0.0866. The number of rotatable bonds is 35. The van der Waals surface area contributed by atoms with E-state index in [1.54, 1.807) is 0 Å². The highest BCUT2D eigenvalue weighted by atomic mass is 16.3. The minimum Gasteiger partial charge on any atom is -0.393 e. The number of hydrogen-bond acceptors (Lipinski definition) is 5. The quantitative estimate of drug-likeness (QED) is 0.0597. The van der Waals surface area contributed by atoms with Crippen molar-refractivity contribution in [1.82, 2.24) is 10.2 Å². The van der Waals surface area contributed by atoms with Gasteiger partial charge in [0.15, 0.2) is 0 Å². The van der Waals surface area contributed by atoms with Crippen molar-refractivity contribution in [3.8, 4) is 0 Å². The highest BCUT2D eigenvalue weighted by molar-refractivity contribution is 5.83. The molecule has 272 valence electrons. The summed E-state index contributed by atoms with van der Waals surface area (Å²) in [5.74, 6) is 1.45. The first-order valence-corrected chi connectivity index (χ1v) is 20.5. The average Bonchev–Trinajstić information content (AvgIpc) is 3.50. The van der Waals surface area contributed by atoms with E-state index in [-0.39, 0.29) is 18.1 Å². The summed E-state index contributed by atoms with van der Waals surface area (Å²) >= 11 is 0. The molecule has 2 atom stereocenters.